The second-order valence-electron chi connectivity index (χ2n) is 14.0. The van der Waals surface area contributed by atoms with E-state index in [9.17, 15) is 0 Å². The maximum Gasteiger partial charge on any atom is 0.137 e. The van der Waals surface area contributed by atoms with Crippen molar-refractivity contribution in [2.45, 2.75) is 0 Å². The maximum atomic E-state index is 6.43. The summed E-state index contributed by atoms with van der Waals surface area (Å²) in [4.78, 5) is 2.38. The molecule has 3 nitrogen and oxygen atoms in total. The van der Waals surface area contributed by atoms with Gasteiger partial charge in [-0.25, -0.2) is 0 Å². The zero-order chi connectivity index (χ0) is 36.3. The van der Waals surface area contributed by atoms with Gasteiger partial charge in [0.2, 0.25) is 0 Å². The van der Waals surface area contributed by atoms with Gasteiger partial charge >= 0.3 is 0 Å². The van der Waals surface area contributed by atoms with Gasteiger partial charge in [0, 0.05) is 27.4 Å². The van der Waals surface area contributed by atoms with Crippen molar-refractivity contribution in [2.24, 2.45) is 0 Å². The van der Waals surface area contributed by atoms with Crippen molar-refractivity contribution in [3.8, 4) is 33.4 Å². The molecule has 11 aromatic rings. The van der Waals surface area contributed by atoms with Gasteiger partial charge in [-0.15, -0.1) is 0 Å². The van der Waals surface area contributed by atoms with Crippen molar-refractivity contribution >= 4 is 71.7 Å². The van der Waals surface area contributed by atoms with Crippen molar-refractivity contribution in [2.75, 3.05) is 4.90 Å². The van der Waals surface area contributed by atoms with E-state index < -0.39 is 0 Å². The van der Waals surface area contributed by atoms with Gasteiger partial charge in [-0.05, 0) is 87.1 Å². The molecule has 0 amide bonds. The Balaban J connectivity index is 1.07. The molecule has 2 heterocycles. The van der Waals surface area contributed by atoms with Crippen LogP contribution < -0.4 is 4.90 Å². The van der Waals surface area contributed by atoms with Crippen molar-refractivity contribution in [1.29, 1.82) is 0 Å². The SMILES string of the molecule is c1ccc(N(c2ccc(-c3ccc(-c4cccc5ccccc45)cc3)cc2)c2cccc3oc4ccccc4c23)c(-c2cccc3oc4ccccc4c23)c1. The van der Waals surface area contributed by atoms with Crippen molar-refractivity contribution in [1.82, 2.24) is 0 Å². The minimum Gasteiger partial charge on any atom is -0.456 e. The van der Waals surface area contributed by atoms with E-state index in [1.54, 1.807) is 0 Å². The monoisotopic (exact) mass is 703 g/mol. The average Bonchev–Trinajstić information content (AvgIpc) is 3.83. The van der Waals surface area contributed by atoms with E-state index in [2.05, 4.69) is 181 Å². The Labute approximate surface area is 317 Å². The Bertz CT molecular complexity index is 3200. The number of furan rings is 2. The molecule has 0 radical (unpaired) electrons. The van der Waals surface area contributed by atoms with Gasteiger partial charge in [-0.3, -0.25) is 0 Å². The zero-order valence-electron chi connectivity index (χ0n) is 29.8. The van der Waals surface area contributed by atoms with E-state index in [1.165, 1.54) is 27.5 Å². The molecule has 11 rings (SSSR count). The molecule has 0 aliphatic rings. The van der Waals surface area contributed by atoms with Crippen LogP contribution >= 0.6 is 0 Å². The van der Waals surface area contributed by atoms with Crippen LogP contribution in [0, 0.1) is 0 Å². The maximum absolute atomic E-state index is 6.43. The quantitative estimate of drug-likeness (QED) is 0.173. The van der Waals surface area contributed by atoms with Crippen LogP contribution in [-0.4, -0.2) is 0 Å². The largest absolute Gasteiger partial charge is 0.456 e. The molecule has 0 spiro atoms. The first-order valence-electron chi connectivity index (χ1n) is 18.7. The Hall–Kier alpha value is -7.36. The van der Waals surface area contributed by atoms with Crippen LogP contribution in [0.3, 0.4) is 0 Å². The topological polar surface area (TPSA) is 29.5 Å². The Morgan fingerprint density at radius 2 is 0.764 bits per heavy atom. The van der Waals surface area contributed by atoms with Crippen molar-refractivity contribution < 1.29 is 8.83 Å². The molecule has 9 aromatic carbocycles. The highest BCUT2D eigenvalue weighted by Gasteiger charge is 2.23. The molecular weight excluding hydrogens is 671 g/mol. The summed E-state index contributed by atoms with van der Waals surface area (Å²) < 4.78 is 12.8. The number of fused-ring (bicyclic) bond motifs is 7. The molecule has 0 N–H and O–H groups in total. The molecule has 3 heteroatoms. The summed E-state index contributed by atoms with van der Waals surface area (Å²) >= 11 is 0. The number of hydrogen-bond acceptors (Lipinski definition) is 3. The van der Waals surface area contributed by atoms with E-state index in [-0.39, 0.29) is 0 Å². The number of para-hydroxylation sites is 3. The number of benzene rings is 9. The fourth-order valence-corrected chi connectivity index (χ4v) is 8.37. The van der Waals surface area contributed by atoms with Crippen molar-refractivity contribution in [3.05, 3.63) is 200 Å². The fraction of sp³-hybridized carbons (Fsp3) is 0. The van der Waals surface area contributed by atoms with Crippen LogP contribution in [0.1, 0.15) is 0 Å². The second-order valence-corrected chi connectivity index (χ2v) is 14.0. The van der Waals surface area contributed by atoms with Crippen LogP contribution in [0.15, 0.2) is 209 Å². The van der Waals surface area contributed by atoms with E-state index in [0.717, 1.165) is 77.6 Å². The Kier molecular flexibility index (Phi) is 7.17. The third-order valence-corrected chi connectivity index (χ3v) is 10.9. The van der Waals surface area contributed by atoms with Crippen molar-refractivity contribution in [3.63, 3.8) is 0 Å². The third kappa shape index (κ3) is 5.13. The molecule has 0 saturated heterocycles. The van der Waals surface area contributed by atoms with Gasteiger partial charge in [0.15, 0.2) is 0 Å². The van der Waals surface area contributed by atoms with Gasteiger partial charge in [-0.2, -0.15) is 0 Å². The molecule has 0 fully saturated rings. The van der Waals surface area contributed by atoms with Gasteiger partial charge in [-0.1, -0.05) is 152 Å². The lowest BCUT2D eigenvalue weighted by atomic mass is 9.95. The van der Waals surface area contributed by atoms with Crippen LogP contribution in [-0.2, 0) is 0 Å². The smallest absolute Gasteiger partial charge is 0.137 e. The van der Waals surface area contributed by atoms with Crippen LogP contribution in [0.4, 0.5) is 17.1 Å². The summed E-state index contributed by atoms with van der Waals surface area (Å²) in [6.07, 6.45) is 0. The molecule has 0 aliphatic heterocycles. The highest BCUT2D eigenvalue weighted by molar-refractivity contribution is 6.16. The summed E-state index contributed by atoms with van der Waals surface area (Å²) in [5.74, 6) is 0. The van der Waals surface area contributed by atoms with Crippen LogP contribution in [0.25, 0.3) is 88.0 Å². The van der Waals surface area contributed by atoms with Gasteiger partial charge < -0.3 is 13.7 Å². The van der Waals surface area contributed by atoms with Gasteiger partial charge in [0.05, 0.1) is 16.8 Å². The Morgan fingerprint density at radius 3 is 1.53 bits per heavy atom. The summed E-state index contributed by atoms with van der Waals surface area (Å²) in [6, 6.07) is 71.0. The molecular formula is C52H33NO2. The van der Waals surface area contributed by atoms with E-state index in [4.69, 9.17) is 8.83 Å². The predicted molar refractivity (Wildman–Crippen MR) is 229 cm³/mol. The molecule has 258 valence electrons. The lowest BCUT2D eigenvalue weighted by Gasteiger charge is -2.29. The molecule has 0 aliphatic carbocycles. The van der Waals surface area contributed by atoms with Crippen LogP contribution in [0.2, 0.25) is 0 Å². The van der Waals surface area contributed by atoms with E-state index in [1.807, 2.05) is 24.3 Å². The molecule has 55 heavy (non-hydrogen) atoms. The number of rotatable bonds is 6. The molecule has 0 bridgehead atoms. The van der Waals surface area contributed by atoms with Crippen LogP contribution in [0.5, 0.6) is 0 Å². The normalized spacial score (nSPS) is 11.6. The van der Waals surface area contributed by atoms with E-state index >= 15 is 0 Å². The molecule has 0 unspecified atom stereocenters. The molecule has 0 atom stereocenters. The summed E-state index contributed by atoms with van der Waals surface area (Å²) in [5.41, 5.74) is 13.6. The first kappa shape index (κ1) is 31.2. The average molecular weight is 704 g/mol. The number of hydrogen-bond donors (Lipinski definition) is 0. The summed E-state index contributed by atoms with van der Waals surface area (Å²) in [5, 5.41) is 6.89. The standard InChI is InChI=1S/C52H33NO2/c1-2-14-39-36(12-1)13-9-18-40(39)37-28-26-34(27-29-37)35-30-32-38(33-31-35)53(46-21-11-25-50-52(46)44-17-5-8-23-48(44)55-50)45-20-6-3-15-41(45)42-19-10-24-49-51(42)43-16-4-7-22-47(43)54-49/h1-33H. The first-order chi connectivity index (χ1) is 27.3. The lowest BCUT2D eigenvalue weighted by Crippen LogP contribution is -2.11. The molecule has 2 aromatic heterocycles. The van der Waals surface area contributed by atoms with E-state index in [0.29, 0.717) is 0 Å². The minimum absolute atomic E-state index is 0.854. The number of anilines is 3. The Morgan fingerprint density at radius 1 is 0.291 bits per heavy atom. The summed E-state index contributed by atoms with van der Waals surface area (Å²) in [7, 11) is 0. The fourth-order valence-electron chi connectivity index (χ4n) is 8.37. The van der Waals surface area contributed by atoms with Gasteiger partial charge in [0.25, 0.3) is 0 Å². The predicted octanol–water partition coefficient (Wildman–Crippen LogP) is 15.1. The highest BCUT2D eigenvalue weighted by atomic mass is 16.3. The first-order valence-corrected chi connectivity index (χ1v) is 18.7. The highest BCUT2D eigenvalue weighted by Crippen LogP contribution is 2.48. The molecule has 0 saturated carbocycles. The number of nitrogens with zero attached hydrogens (tertiary/aromatic N) is 1. The second kappa shape index (κ2) is 12.6. The van der Waals surface area contributed by atoms with Gasteiger partial charge in [0.1, 0.15) is 22.3 Å². The third-order valence-electron chi connectivity index (χ3n) is 10.9. The zero-order valence-corrected chi connectivity index (χ0v) is 29.8. The minimum atomic E-state index is 0.854. The summed E-state index contributed by atoms with van der Waals surface area (Å²) in [6.45, 7) is 0. The lowest BCUT2D eigenvalue weighted by molar-refractivity contribution is 0.668.